The normalized spacial score (nSPS) is 9.94. The van der Waals surface area contributed by atoms with Crippen molar-refractivity contribution in [3.05, 3.63) is 68.4 Å². The number of hydrogen-bond acceptors (Lipinski definition) is 7. The highest BCUT2D eigenvalue weighted by atomic mass is 16.5. The van der Waals surface area contributed by atoms with Gasteiger partial charge in [0.2, 0.25) is 0 Å². The minimum Gasteiger partial charge on any atom is -0.504 e. The minimum absolute atomic E-state index is 0.108. The lowest BCUT2D eigenvalue weighted by molar-refractivity contribution is 0.0995. The molecule has 0 radical (unpaired) electrons. The maximum absolute atomic E-state index is 12.3. The van der Waals surface area contributed by atoms with Gasteiger partial charge in [-0.2, -0.15) is 0 Å². The minimum atomic E-state index is -1.03. The van der Waals surface area contributed by atoms with E-state index >= 15 is 0 Å². The van der Waals surface area contributed by atoms with Gasteiger partial charge in [0.05, 0.1) is 25.3 Å². The third kappa shape index (κ3) is 4.14. The van der Waals surface area contributed by atoms with Crippen molar-refractivity contribution in [2.75, 3.05) is 14.2 Å². The predicted octanol–water partition coefficient (Wildman–Crippen LogP) is 4.63. The summed E-state index contributed by atoms with van der Waals surface area (Å²) < 4.78 is 15.5. The van der Waals surface area contributed by atoms with Crippen LogP contribution < -0.4 is 9.47 Å². The van der Waals surface area contributed by atoms with E-state index in [-0.39, 0.29) is 39.7 Å². The molecule has 2 amide bonds. The molecule has 0 saturated carbocycles. The van der Waals surface area contributed by atoms with Gasteiger partial charge in [0.1, 0.15) is 11.4 Å². The van der Waals surface area contributed by atoms with Crippen LogP contribution in [0.1, 0.15) is 20.7 Å². The summed E-state index contributed by atoms with van der Waals surface area (Å²) in [6.07, 6.45) is 0. The molecule has 0 fully saturated rings. The Balaban J connectivity index is 2.16. The van der Waals surface area contributed by atoms with Crippen LogP contribution in [0.5, 0.6) is 17.2 Å². The van der Waals surface area contributed by atoms with Crippen LogP contribution in [0.15, 0.2) is 51.1 Å². The highest BCUT2D eigenvalue weighted by Gasteiger charge is 2.23. The van der Waals surface area contributed by atoms with Crippen LogP contribution in [-0.2, 0) is 0 Å². The zero-order valence-electron chi connectivity index (χ0n) is 16.6. The van der Waals surface area contributed by atoms with Crippen molar-refractivity contribution < 1.29 is 28.7 Å². The van der Waals surface area contributed by atoms with Crippen LogP contribution >= 0.6 is 0 Å². The first-order valence-corrected chi connectivity index (χ1v) is 8.68. The maximum Gasteiger partial charge on any atom is 0.252 e. The van der Waals surface area contributed by atoms with Gasteiger partial charge >= 0.3 is 0 Å². The number of aromatic nitrogens is 1. The fourth-order valence-corrected chi connectivity index (χ4v) is 2.89. The van der Waals surface area contributed by atoms with Crippen molar-refractivity contribution in [2.24, 2.45) is 10.2 Å². The monoisotopic (exact) mass is 435 g/mol. The van der Waals surface area contributed by atoms with Gasteiger partial charge in [0, 0.05) is 27.0 Å². The number of nitrogens with zero attached hydrogens (tertiary/aromatic N) is 7. The van der Waals surface area contributed by atoms with Gasteiger partial charge in [0.15, 0.2) is 17.3 Å². The lowest BCUT2D eigenvalue weighted by Gasteiger charge is -2.11. The number of benzene rings is 2. The van der Waals surface area contributed by atoms with Gasteiger partial charge in [-0.15, -0.1) is 0 Å². The molecule has 32 heavy (non-hydrogen) atoms. The van der Waals surface area contributed by atoms with Crippen molar-refractivity contribution >= 4 is 11.8 Å². The summed E-state index contributed by atoms with van der Waals surface area (Å²) in [5.41, 5.74) is 17.7. The molecule has 1 heterocycles. The first-order valence-electron chi connectivity index (χ1n) is 8.68. The maximum atomic E-state index is 12.3. The summed E-state index contributed by atoms with van der Waals surface area (Å²) in [6, 6.07) is 8.65. The Kier molecular flexibility index (Phi) is 6.25. The third-order valence-electron chi connectivity index (χ3n) is 4.29. The van der Waals surface area contributed by atoms with Gasteiger partial charge in [0.25, 0.3) is 11.8 Å². The standard InChI is InChI=1S/C19H13N7O6/c1-30-15-4-3-9(7-14(15)27)13-8-16(32-24-13)10-5-11(18(28)22-25-20)17(31-2)12(6-10)19(29)23-26-21/h3-8,27H,1-2H3. The molecule has 0 unspecified atom stereocenters. The first kappa shape index (κ1) is 21.7. The van der Waals surface area contributed by atoms with Crippen LogP contribution in [-0.4, -0.2) is 36.3 Å². The highest BCUT2D eigenvalue weighted by Crippen LogP contribution is 2.35. The van der Waals surface area contributed by atoms with Crippen LogP contribution in [0.4, 0.5) is 0 Å². The Morgan fingerprint density at radius 2 is 1.59 bits per heavy atom. The lowest BCUT2D eigenvalue weighted by atomic mass is 10.0. The molecule has 160 valence electrons. The van der Waals surface area contributed by atoms with E-state index in [9.17, 15) is 14.7 Å². The second-order valence-electron chi connectivity index (χ2n) is 6.06. The van der Waals surface area contributed by atoms with E-state index in [1.54, 1.807) is 12.1 Å². The Labute approximate surface area is 179 Å². The van der Waals surface area contributed by atoms with E-state index in [0.717, 1.165) is 0 Å². The van der Waals surface area contributed by atoms with Crippen molar-refractivity contribution in [2.45, 2.75) is 0 Å². The molecule has 3 aromatic rings. The summed E-state index contributed by atoms with van der Waals surface area (Å²) in [4.78, 5) is 29.4. The number of phenolic OH excluding ortho intramolecular Hbond substituents is 1. The summed E-state index contributed by atoms with van der Waals surface area (Å²) in [6.45, 7) is 0. The first-order chi connectivity index (χ1) is 15.4. The van der Waals surface area contributed by atoms with E-state index in [4.69, 9.17) is 25.1 Å². The van der Waals surface area contributed by atoms with E-state index in [2.05, 4.69) is 25.2 Å². The number of azide groups is 2. The van der Waals surface area contributed by atoms with Crippen molar-refractivity contribution in [1.29, 1.82) is 0 Å². The molecule has 13 nitrogen and oxygen atoms in total. The van der Waals surface area contributed by atoms with Crippen LogP contribution in [0.2, 0.25) is 0 Å². The SMILES string of the molecule is COc1ccc(-c2cc(-c3cc(C(=O)N=[N+]=[N-])c(OC)c(C(=O)N=[N+]=[N-])c3)on2)cc1O. The number of phenols is 1. The van der Waals surface area contributed by atoms with E-state index in [0.29, 0.717) is 11.3 Å². The zero-order chi connectivity index (χ0) is 23.3. The molecule has 0 aliphatic rings. The molecule has 0 aliphatic carbocycles. The number of ether oxygens (including phenoxy) is 2. The van der Waals surface area contributed by atoms with Crippen molar-refractivity contribution in [3.8, 4) is 39.8 Å². The van der Waals surface area contributed by atoms with Crippen LogP contribution in [0.3, 0.4) is 0 Å². The molecular weight excluding hydrogens is 422 g/mol. The lowest BCUT2D eigenvalue weighted by Crippen LogP contribution is -2.06. The van der Waals surface area contributed by atoms with E-state index in [1.165, 1.54) is 38.5 Å². The van der Waals surface area contributed by atoms with Gasteiger partial charge in [-0.3, -0.25) is 9.59 Å². The number of carbonyl (C=O) groups is 2. The summed E-state index contributed by atoms with van der Waals surface area (Å²) >= 11 is 0. The number of carbonyl (C=O) groups excluding carboxylic acids is 2. The molecule has 0 saturated heterocycles. The second kappa shape index (κ2) is 9.22. The average Bonchev–Trinajstić information content (AvgIpc) is 3.28. The molecular formula is C19H13N7O6. The molecule has 2 aromatic carbocycles. The number of methoxy groups -OCH3 is 2. The number of amides is 2. The van der Waals surface area contributed by atoms with Crippen LogP contribution in [0, 0.1) is 0 Å². The molecule has 13 heteroatoms. The fraction of sp³-hybridized carbons (Fsp3) is 0.105. The van der Waals surface area contributed by atoms with Crippen LogP contribution in [0.25, 0.3) is 43.5 Å². The second-order valence-corrected chi connectivity index (χ2v) is 6.06. The molecule has 1 aromatic heterocycles. The number of aromatic hydroxyl groups is 1. The van der Waals surface area contributed by atoms with E-state index in [1.807, 2.05) is 0 Å². The Hall–Kier alpha value is -4.99. The van der Waals surface area contributed by atoms with Gasteiger partial charge in [-0.05, 0) is 51.6 Å². The molecule has 0 atom stereocenters. The zero-order valence-corrected chi connectivity index (χ0v) is 16.6. The Morgan fingerprint density at radius 3 is 2.09 bits per heavy atom. The van der Waals surface area contributed by atoms with E-state index < -0.39 is 11.8 Å². The Bertz CT molecular complexity index is 1270. The van der Waals surface area contributed by atoms with Crippen molar-refractivity contribution in [1.82, 2.24) is 5.16 Å². The molecule has 1 N–H and O–H groups in total. The van der Waals surface area contributed by atoms with Gasteiger partial charge < -0.3 is 19.1 Å². The number of rotatable bonds is 6. The fourth-order valence-electron chi connectivity index (χ4n) is 2.89. The summed E-state index contributed by atoms with van der Waals surface area (Å²) in [7, 11) is 2.61. The summed E-state index contributed by atoms with van der Waals surface area (Å²) in [5, 5.41) is 20.0. The average molecular weight is 435 g/mol. The van der Waals surface area contributed by atoms with Gasteiger partial charge in [-0.1, -0.05) is 5.16 Å². The molecule has 0 spiro atoms. The topological polar surface area (TPSA) is 196 Å². The predicted molar refractivity (Wildman–Crippen MR) is 109 cm³/mol. The Morgan fingerprint density at radius 1 is 0.969 bits per heavy atom. The molecule has 0 bridgehead atoms. The smallest absolute Gasteiger partial charge is 0.252 e. The number of hydrogen-bond donors (Lipinski definition) is 1. The van der Waals surface area contributed by atoms with Crippen molar-refractivity contribution in [3.63, 3.8) is 0 Å². The quantitative estimate of drug-likeness (QED) is 0.330. The summed E-state index contributed by atoms with van der Waals surface area (Å²) in [5.74, 6) is -1.99. The largest absolute Gasteiger partial charge is 0.504 e. The highest BCUT2D eigenvalue weighted by molar-refractivity contribution is 6.06. The third-order valence-corrected chi connectivity index (χ3v) is 4.29. The van der Waals surface area contributed by atoms with Gasteiger partial charge in [-0.25, -0.2) is 0 Å². The molecule has 0 aliphatic heterocycles. The molecule has 3 rings (SSSR count).